The summed E-state index contributed by atoms with van der Waals surface area (Å²) in [5, 5.41) is 16.4. The number of aromatic hydroxyl groups is 1. The Balaban J connectivity index is 1.29. The van der Waals surface area contributed by atoms with Gasteiger partial charge < -0.3 is 20.0 Å². The molecule has 2 aromatic heterocycles. The summed E-state index contributed by atoms with van der Waals surface area (Å²) in [6.45, 7) is 5.31. The monoisotopic (exact) mass is 609 g/mol. The molecule has 0 bridgehead atoms. The molecule has 0 aliphatic carbocycles. The van der Waals surface area contributed by atoms with Gasteiger partial charge in [0.2, 0.25) is 0 Å². The highest BCUT2D eigenvalue weighted by atomic mass is 16.3. The molecule has 1 fully saturated rings. The van der Waals surface area contributed by atoms with Crippen molar-refractivity contribution in [2.24, 2.45) is 12.0 Å². The van der Waals surface area contributed by atoms with Crippen LogP contribution in [-0.4, -0.2) is 44.3 Å². The van der Waals surface area contributed by atoms with Gasteiger partial charge in [0.25, 0.3) is 5.91 Å². The zero-order valence-corrected chi connectivity index (χ0v) is 26.3. The number of benzene rings is 4. The standard InChI is InChI=1S/C39H39N5O2/c1-3-33(27-9-5-4-6-10-27)41-38(45)30-13-17-34-32(24-30)36(39(46)42-34)37(29-14-18-35-28(23-29)19-22-43(35)2)40-31-15-11-26(12-16-31)25-44-20-7-8-21-44/h4-6,9-19,22-24,33,42,46H,3,7-8,20-21,25H2,1-2H3,(H,41,45)/t33-/m1/s1. The second-order valence-corrected chi connectivity index (χ2v) is 12.3. The molecule has 4 aromatic carbocycles. The highest BCUT2D eigenvalue weighted by molar-refractivity contribution is 6.23. The smallest absolute Gasteiger partial charge is 0.251 e. The molecule has 46 heavy (non-hydrogen) atoms. The van der Waals surface area contributed by atoms with Crippen molar-refractivity contribution < 1.29 is 9.90 Å². The molecule has 0 unspecified atom stereocenters. The normalized spacial score (nSPS) is 14.7. The Labute approximate surface area is 269 Å². The molecule has 1 aliphatic heterocycles. The van der Waals surface area contributed by atoms with E-state index in [-0.39, 0.29) is 17.8 Å². The quantitative estimate of drug-likeness (QED) is 0.145. The van der Waals surface area contributed by atoms with E-state index in [9.17, 15) is 9.90 Å². The molecule has 1 saturated heterocycles. The largest absolute Gasteiger partial charge is 0.494 e. The number of rotatable bonds is 9. The second kappa shape index (κ2) is 12.7. The first-order chi connectivity index (χ1) is 22.5. The van der Waals surface area contributed by atoms with Crippen LogP contribution in [0, 0.1) is 0 Å². The van der Waals surface area contributed by atoms with Crippen molar-refractivity contribution >= 4 is 39.1 Å². The van der Waals surface area contributed by atoms with Crippen LogP contribution in [0.15, 0.2) is 108 Å². The number of fused-ring (bicyclic) bond motifs is 2. The van der Waals surface area contributed by atoms with E-state index in [1.54, 1.807) is 6.07 Å². The molecule has 3 N–H and O–H groups in total. The molecule has 232 valence electrons. The highest BCUT2D eigenvalue weighted by Crippen LogP contribution is 2.33. The summed E-state index contributed by atoms with van der Waals surface area (Å²) in [6.07, 6.45) is 5.34. The van der Waals surface area contributed by atoms with Crippen molar-refractivity contribution in [1.82, 2.24) is 19.8 Å². The number of amides is 1. The molecule has 3 heterocycles. The van der Waals surface area contributed by atoms with Crippen LogP contribution >= 0.6 is 0 Å². The topological polar surface area (TPSA) is 85.7 Å². The predicted octanol–water partition coefficient (Wildman–Crippen LogP) is 8.01. The first-order valence-electron chi connectivity index (χ1n) is 16.1. The van der Waals surface area contributed by atoms with Crippen molar-refractivity contribution in [2.75, 3.05) is 13.1 Å². The molecule has 6 aromatic rings. The Hall–Kier alpha value is -5.14. The van der Waals surface area contributed by atoms with Gasteiger partial charge in [0.15, 0.2) is 5.88 Å². The highest BCUT2D eigenvalue weighted by Gasteiger charge is 2.22. The van der Waals surface area contributed by atoms with Gasteiger partial charge in [0.1, 0.15) is 0 Å². The Morgan fingerprint density at radius 1 is 0.935 bits per heavy atom. The van der Waals surface area contributed by atoms with Crippen LogP contribution in [0.3, 0.4) is 0 Å². The summed E-state index contributed by atoms with van der Waals surface area (Å²) in [5.74, 6) is -0.150. The molecule has 7 heteroatoms. The van der Waals surface area contributed by atoms with Crippen molar-refractivity contribution in [3.63, 3.8) is 0 Å². The Morgan fingerprint density at radius 3 is 2.46 bits per heavy atom. The van der Waals surface area contributed by atoms with Crippen LogP contribution in [0.2, 0.25) is 0 Å². The minimum atomic E-state index is -0.165. The minimum Gasteiger partial charge on any atom is -0.494 e. The van der Waals surface area contributed by atoms with Crippen molar-refractivity contribution in [3.8, 4) is 5.88 Å². The van der Waals surface area contributed by atoms with Gasteiger partial charge in [-0.1, -0.05) is 55.5 Å². The van der Waals surface area contributed by atoms with Crippen LogP contribution in [0.5, 0.6) is 5.88 Å². The zero-order valence-electron chi connectivity index (χ0n) is 26.3. The van der Waals surface area contributed by atoms with Crippen LogP contribution in [-0.2, 0) is 13.6 Å². The fourth-order valence-corrected chi connectivity index (χ4v) is 6.60. The number of nitrogens with one attached hydrogen (secondary N) is 2. The molecule has 7 rings (SSSR count). The Bertz CT molecular complexity index is 2030. The maximum atomic E-state index is 13.6. The number of aromatic nitrogens is 2. The van der Waals surface area contributed by atoms with Gasteiger partial charge in [0, 0.05) is 52.7 Å². The molecule has 1 amide bonds. The predicted molar refractivity (Wildman–Crippen MR) is 186 cm³/mol. The molecule has 1 aliphatic rings. The fraction of sp³-hybridized carbons (Fsp3) is 0.231. The number of likely N-dealkylation sites (tertiary alicyclic amines) is 1. The summed E-state index contributed by atoms with van der Waals surface area (Å²) >= 11 is 0. The number of hydrogen-bond acceptors (Lipinski definition) is 4. The summed E-state index contributed by atoms with van der Waals surface area (Å²) in [5.41, 5.74) is 7.56. The van der Waals surface area contributed by atoms with Crippen molar-refractivity contribution in [1.29, 1.82) is 0 Å². The Morgan fingerprint density at radius 2 is 1.70 bits per heavy atom. The third-order valence-corrected chi connectivity index (χ3v) is 9.13. The van der Waals surface area contributed by atoms with E-state index in [4.69, 9.17) is 4.99 Å². The van der Waals surface area contributed by atoms with E-state index >= 15 is 0 Å². The number of carbonyl (C=O) groups excluding carboxylic acids is 1. The van der Waals surface area contributed by atoms with E-state index in [1.807, 2.05) is 73.9 Å². The summed E-state index contributed by atoms with van der Waals surface area (Å²) in [6, 6.07) is 32.1. The third-order valence-electron chi connectivity index (χ3n) is 9.13. The van der Waals surface area contributed by atoms with E-state index < -0.39 is 0 Å². The number of aliphatic imine (C=N–C) groups is 1. The van der Waals surface area contributed by atoms with Crippen LogP contribution in [0.1, 0.15) is 64.8 Å². The van der Waals surface area contributed by atoms with Crippen molar-refractivity contribution in [2.45, 2.75) is 38.8 Å². The first kappa shape index (κ1) is 29.6. The first-order valence-corrected chi connectivity index (χ1v) is 16.1. The molecule has 0 saturated carbocycles. The molecule has 7 nitrogen and oxygen atoms in total. The molecule has 1 atom stereocenters. The maximum Gasteiger partial charge on any atom is 0.251 e. The number of aromatic amines is 1. The second-order valence-electron chi connectivity index (χ2n) is 12.3. The van der Waals surface area contributed by atoms with E-state index in [0.29, 0.717) is 16.8 Å². The summed E-state index contributed by atoms with van der Waals surface area (Å²) in [7, 11) is 2.03. The maximum absolute atomic E-state index is 13.6. The molecular formula is C39H39N5O2. The number of aryl methyl sites for hydroxylation is 1. The lowest BCUT2D eigenvalue weighted by atomic mass is 9.98. The lowest BCUT2D eigenvalue weighted by Gasteiger charge is -2.17. The van der Waals surface area contributed by atoms with Crippen LogP contribution < -0.4 is 5.32 Å². The van der Waals surface area contributed by atoms with Gasteiger partial charge in [-0.3, -0.25) is 9.69 Å². The minimum absolute atomic E-state index is 0.0147. The number of H-pyrrole nitrogens is 1. The molecule has 0 spiro atoms. The summed E-state index contributed by atoms with van der Waals surface area (Å²) in [4.78, 5) is 24.3. The fourth-order valence-electron chi connectivity index (χ4n) is 6.60. The van der Waals surface area contributed by atoms with Crippen LogP contribution in [0.25, 0.3) is 21.8 Å². The van der Waals surface area contributed by atoms with E-state index in [1.165, 1.54) is 18.4 Å². The molecule has 0 radical (unpaired) electrons. The van der Waals surface area contributed by atoms with Gasteiger partial charge in [-0.15, -0.1) is 0 Å². The lowest BCUT2D eigenvalue weighted by Crippen LogP contribution is -2.28. The van der Waals surface area contributed by atoms with E-state index in [0.717, 1.165) is 64.7 Å². The van der Waals surface area contributed by atoms with E-state index in [2.05, 4.69) is 57.0 Å². The average Bonchev–Trinajstić information content (AvgIpc) is 3.82. The third kappa shape index (κ3) is 5.94. The number of hydrogen-bond donors (Lipinski definition) is 3. The summed E-state index contributed by atoms with van der Waals surface area (Å²) < 4.78 is 2.09. The Kier molecular flexibility index (Phi) is 8.16. The van der Waals surface area contributed by atoms with Gasteiger partial charge >= 0.3 is 0 Å². The van der Waals surface area contributed by atoms with Crippen molar-refractivity contribution in [3.05, 3.63) is 131 Å². The average molecular weight is 610 g/mol. The van der Waals surface area contributed by atoms with Gasteiger partial charge in [-0.05, 0) is 92.0 Å². The zero-order chi connectivity index (χ0) is 31.6. The van der Waals surface area contributed by atoms with Gasteiger partial charge in [-0.25, -0.2) is 4.99 Å². The molecular weight excluding hydrogens is 570 g/mol. The lowest BCUT2D eigenvalue weighted by molar-refractivity contribution is 0.0935. The number of carbonyl (C=O) groups is 1. The number of nitrogens with zero attached hydrogens (tertiary/aromatic N) is 3. The SMILES string of the molecule is CC[C@@H](NC(=O)c1ccc2[nH]c(O)c(C(=Nc3ccc(CN4CCCC4)cc3)c3ccc4c(ccn4C)c3)c2c1)c1ccccc1. The van der Waals surface area contributed by atoms with Crippen LogP contribution in [0.4, 0.5) is 5.69 Å². The van der Waals surface area contributed by atoms with Gasteiger partial charge in [0.05, 0.1) is 23.0 Å². The van der Waals surface area contributed by atoms with Gasteiger partial charge in [-0.2, -0.15) is 0 Å².